The molecule has 2 fully saturated rings. The Morgan fingerprint density at radius 3 is 2.19 bits per heavy atom. The van der Waals surface area contributed by atoms with E-state index in [1.807, 2.05) is 18.5 Å². The molecule has 0 spiro atoms. The first kappa shape index (κ1) is 21.4. The quantitative estimate of drug-likeness (QED) is 0.397. The Bertz CT molecular complexity index is 593. The van der Waals surface area contributed by atoms with Crippen molar-refractivity contribution >= 4 is 29.9 Å². The van der Waals surface area contributed by atoms with Crippen molar-refractivity contribution in [3.05, 3.63) is 11.6 Å². The van der Waals surface area contributed by atoms with Gasteiger partial charge in [-0.05, 0) is 50.9 Å². The van der Waals surface area contributed by atoms with Gasteiger partial charge in [-0.15, -0.1) is 34.2 Å². The Labute approximate surface area is 175 Å². The van der Waals surface area contributed by atoms with E-state index in [1.165, 1.54) is 51.4 Å². The summed E-state index contributed by atoms with van der Waals surface area (Å²) in [4.78, 5) is 4.83. The van der Waals surface area contributed by atoms with Crippen LogP contribution in [0, 0.1) is 12.3 Å². The van der Waals surface area contributed by atoms with Crippen LogP contribution in [0.3, 0.4) is 0 Å². The largest absolute Gasteiger partial charge is 0.354 e. The number of hydrogen-bond acceptors (Lipinski definition) is 3. The minimum atomic E-state index is 0. The molecule has 0 bridgehead atoms. The molecular weight excluding hydrogens is 439 g/mol. The lowest BCUT2D eigenvalue weighted by molar-refractivity contribution is 0.216. The molecule has 0 unspecified atom stereocenters. The number of rotatable bonds is 4. The summed E-state index contributed by atoms with van der Waals surface area (Å²) < 4.78 is 2.01. The first-order valence-corrected chi connectivity index (χ1v) is 9.85. The van der Waals surface area contributed by atoms with Gasteiger partial charge in [-0.25, -0.2) is 4.99 Å². The van der Waals surface area contributed by atoms with Crippen LogP contribution in [0.15, 0.2) is 4.99 Å². The van der Waals surface area contributed by atoms with E-state index in [0.29, 0.717) is 24.0 Å². The summed E-state index contributed by atoms with van der Waals surface area (Å²) in [5.41, 5.74) is 0.491. The second-order valence-corrected chi connectivity index (χ2v) is 8.60. The molecule has 0 aromatic carbocycles. The van der Waals surface area contributed by atoms with E-state index in [0.717, 1.165) is 17.6 Å². The van der Waals surface area contributed by atoms with Crippen molar-refractivity contribution in [1.82, 2.24) is 25.4 Å². The smallest absolute Gasteiger partial charge is 0.192 e. The molecule has 1 heterocycles. The van der Waals surface area contributed by atoms with Gasteiger partial charge >= 0.3 is 0 Å². The number of aromatic nitrogens is 3. The van der Waals surface area contributed by atoms with E-state index < -0.39 is 0 Å². The Balaban J connectivity index is 0.00000243. The normalized spacial score (nSPS) is 21.5. The monoisotopic (exact) mass is 474 g/mol. The minimum Gasteiger partial charge on any atom is -0.354 e. The molecule has 0 radical (unpaired) electrons. The molecule has 6 nitrogen and oxygen atoms in total. The third kappa shape index (κ3) is 5.82. The van der Waals surface area contributed by atoms with Gasteiger partial charge in [-0.2, -0.15) is 0 Å². The molecule has 0 atom stereocenters. The van der Waals surface area contributed by atoms with Crippen molar-refractivity contribution in [1.29, 1.82) is 0 Å². The predicted octanol–water partition coefficient (Wildman–Crippen LogP) is 3.69. The third-order valence-electron chi connectivity index (χ3n) is 5.94. The number of aryl methyl sites for hydroxylation is 1. The topological polar surface area (TPSA) is 67.1 Å². The number of hydrogen-bond donors (Lipinski definition) is 2. The van der Waals surface area contributed by atoms with E-state index in [2.05, 4.69) is 34.7 Å². The van der Waals surface area contributed by atoms with Gasteiger partial charge in [0.25, 0.3) is 0 Å². The van der Waals surface area contributed by atoms with Crippen LogP contribution in [0.4, 0.5) is 0 Å². The molecule has 0 amide bonds. The Kier molecular flexibility index (Phi) is 7.73. The second-order valence-electron chi connectivity index (χ2n) is 8.60. The lowest BCUT2D eigenvalue weighted by Gasteiger charge is -2.35. The fraction of sp³-hybridized carbons (Fsp3) is 0.842. The van der Waals surface area contributed by atoms with Gasteiger partial charge in [0.2, 0.25) is 0 Å². The summed E-state index contributed by atoms with van der Waals surface area (Å²) in [6.45, 7) is 7.30. The summed E-state index contributed by atoms with van der Waals surface area (Å²) in [7, 11) is 2.00. The summed E-state index contributed by atoms with van der Waals surface area (Å²) in [6, 6.07) is 1.09. The zero-order valence-electron chi connectivity index (χ0n) is 16.7. The maximum atomic E-state index is 4.83. The zero-order chi connectivity index (χ0) is 17.9. The molecule has 3 rings (SSSR count). The number of nitrogens with zero attached hydrogens (tertiary/aromatic N) is 4. The summed E-state index contributed by atoms with van der Waals surface area (Å²) in [5.74, 6) is 2.80. The lowest BCUT2D eigenvalue weighted by atomic mass is 9.75. The van der Waals surface area contributed by atoms with E-state index in [-0.39, 0.29) is 24.0 Å². The van der Waals surface area contributed by atoms with Crippen molar-refractivity contribution < 1.29 is 0 Å². The molecule has 148 valence electrons. The van der Waals surface area contributed by atoms with Gasteiger partial charge < -0.3 is 15.2 Å². The van der Waals surface area contributed by atoms with Crippen LogP contribution in [-0.2, 0) is 13.6 Å². The summed E-state index contributed by atoms with van der Waals surface area (Å²) in [6.07, 6.45) is 10.2. The summed E-state index contributed by atoms with van der Waals surface area (Å²) >= 11 is 0. The highest BCUT2D eigenvalue weighted by atomic mass is 127. The molecule has 7 heteroatoms. The van der Waals surface area contributed by atoms with Gasteiger partial charge in [0.15, 0.2) is 11.8 Å². The minimum absolute atomic E-state index is 0. The Hall–Kier alpha value is -0.860. The van der Waals surface area contributed by atoms with E-state index in [1.54, 1.807) is 0 Å². The van der Waals surface area contributed by atoms with Crippen molar-refractivity contribution in [3.63, 3.8) is 0 Å². The van der Waals surface area contributed by atoms with Crippen LogP contribution in [0.5, 0.6) is 0 Å². The average Bonchev–Trinajstić information content (AvgIpc) is 3.19. The van der Waals surface area contributed by atoms with Crippen LogP contribution in [-0.4, -0.2) is 32.8 Å². The van der Waals surface area contributed by atoms with E-state index in [9.17, 15) is 0 Å². The maximum absolute atomic E-state index is 4.83. The molecule has 1 aromatic heterocycles. The van der Waals surface area contributed by atoms with Crippen LogP contribution < -0.4 is 10.6 Å². The first-order valence-electron chi connectivity index (χ1n) is 9.85. The van der Waals surface area contributed by atoms with Crippen molar-refractivity contribution in [2.45, 2.75) is 90.8 Å². The van der Waals surface area contributed by atoms with Gasteiger partial charge in [0.05, 0.1) is 0 Å². The van der Waals surface area contributed by atoms with Gasteiger partial charge in [-0.3, -0.25) is 0 Å². The van der Waals surface area contributed by atoms with Crippen LogP contribution >= 0.6 is 24.0 Å². The van der Waals surface area contributed by atoms with Crippen molar-refractivity contribution in [3.8, 4) is 0 Å². The highest BCUT2D eigenvalue weighted by Gasteiger charge is 2.27. The van der Waals surface area contributed by atoms with Crippen LogP contribution in [0.25, 0.3) is 0 Å². The zero-order valence-corrected chi connectivity index (χ0v) is 19.0. The first-order chi connectivity index (χ1) is 11.9. The van der Waals surface area contributed by atoms with Crippen molar-refractivity contribution in [2.75, 3.05) is 0 Å². The van der Waals surface area contributed by atoms with Gasteiger partial charge in [0, 0.05) is 19.1 Å². The van der Waals surface area contributed by atoms with Gasteiger partial charge in [0.1, 0.15) is 12.4 Å². The lowest BCUT2D eigenvalue weighted by Crippen LogP contribution is -2.48. The maximum Gasteiger partial charge on any atom is 0.192 e. The molecule has 26 heavy (non-hydrogen) atoms. The molecule has 0 aliphatic heterocycles. The number of guanidine groups is 1. The number of nitrogens with one attached hydrogen (secondary N) is 2. The fourth-order valence-corrected chi connectivity index (χ4v) is 3.87. The molecule has 0 saturated heterocycles. The van der Waals surface area contributed by atoms with Crippen LogP contribution in [0.2, 0.25) is 0 Å². The molecule has 2 N–H and O–H groups in total. The molecule has 2 aliphatic carbocycles. The Morgan fingerprint density at radius 2 is 1.65 bits per heavy atom. The average molecular weight is 474 g/mol. The van der Waals surface area contributed by atoms with Crippen LogP contribution in [0.1, 0.15) is 76.9 Å². The summed E-state index contributed by atoms with van der Waals surface area (Å²) in [5, 5.41) is 15.7. The predicted molar refractivity (Wildman–Crippen MR) is 117 cm³/mol. The fourth-order valence-electron chi connectivity index (χ4n) is 3.87. The SMILES string of the molecule is Cc1nnc(CN=C(NC2CCCC2)NC2CCC(C)(C)CC2)n1C.I. The Morgan fingerprint density at radius 1 is 1.08 bits per heavy atom. The standard InChI is InChI=1S/C19H34N6.HI/c1-14-23-24-17(25(14)4)13-20-18(21-15-7-5-6-8-15)22-16-9-11-19(2,3)12-10-16;/h15-16H,5-13H2,1-4H3,(H2,20,21,22);1H. The highest BCUT2D eigenvalue weighted by Crippen LogP contribution is 2.35. The van der Waals surface area contributed by atoms with E-state index >= 15 is 0 Å². The molecule has 1 aromatic rings. The molecule has 2 aliphatic rings. The highest BCUT2D eigenvalue weighted by molar-refractivity contribution is 14.0. The number of aliphatic imine (C=N–C) groups is 1. The van der Waals surface area contributed by atoms with Gasteiger partial charge in [-0.1, -0.05) is 26.7 Å². The second kappa shape index (κ2) is 9.37. The number of halogens is 1. The van der Waals surface area contributed by atoms with Crippen molar-refractivity contribution in [2.24, 2.45) is 17.5 Å². The van der Waals surface area contributed by atoms with E-state index in [4.69, 9.17) is 4.99 Å². The molecular formula is C19H35IN6. The molecule has 2 saturated carbocycles. The third-order valence-corrected chi connectivity index (χ3v) is 5.94.